The molecule has 1 saturated carbocycles. The molecule has 3 heteroatoms. The minimum absolute atomic E-state index is 0.271. The van der Waals surface area contributed by atoms with Gasteiger partial charge in [-0.3, -0.25) is 16.3 Å². The summed E-state index contributed by atoms with van der Waals surface area (Å²) >= 11 is 0. The zero-order chi connectivity index (χ0) is 13.1. The van der Waals surface area contributed by atoms with Crippen LogP contribution in [0.25, 0.3) is 0 Å². The number of aryl methyl sites for hydroxylation is 2. The van der Waals surface area contributed by atoms with Crippen LogP contribution in [0.2, 0.25) is 0 Å². The molecule has 0 radical (unpaired) electrons. The van der Waals surface area contributed by atoms with Gasteiger partial charge in [-0.05, 0) is 56.2 Å². The molecule has 0 bridgehead atoms. The highest BCUT2D eigenvalue weighted by Crippen LogP contribution is 2.36. The lowest BCUT2D eigenvalue weighted by Crippen LogP contribution is -2.35. The highest BCUT2D eigenvalue weighted by atomic mass is 15.2. The van der Waals surface area contributed by atoms with Gasteiger partial charge in [-0.2, -0.15) is 0 Å². The second-order valence-corrected chi connectivity index (χ2v) is 5.86. The van der Waals surface area contributed by atoms with Gasteiger partial charge in [0.2, 0.25) is 0 Å². The van der Waals surface area contributed by atoms with Crippen molar-refractivity contribution in [2.24, 2.45) is 17.7 Å². The van der Waals surface area contributed by atoms with Gasteiger partial charge in [0.25, 0.3) is 0 Å². The highest BCUT2D eigenvalue weighted by molar-refractivity contribution is 5.24. The van der Waals surface area contributed by atoms with E-state index >= 15 is 0 Å². The van der Waals surface area contributed by atoms with E-state index in [0.29, 0.717) is 5.92 Å². The Balaban J connectivity index is 2.21. The fourth-order valence-corrected chi connectivity index (χ4v) is 3.33. The van der Waals surface area contributed by atoms with Crippen molar-refractivity contribution >= 4 is 0 Å². The van der Waals surface area contributed by atoms with Crippen LogP contribution in [0.3, 0.4) is 0 Å². The summed E-state index contributed by atoms with van der Waals surface area (Å²) in [6.07, 6.45) is 5.24. The van der Waals surface area contributed by atoms with Crippen molar-refractivity contribution in [1.82, 2.24) is 10.4 Å². The van der Waals surface area contributed by atoms with Gasteiger partial charge in [-0.25, -0.2) is 0 Å². The third kappa shape index (κ3) is 3.09. The molecular weight excluding hydrogens is 222 g/mol. The average molecular weight is 247 g/mol. The Morgan fingerprint density at radius 1 is 1.28 bits per heavy atom. The summed E-state index contributed by atoms with van der Waals surface area (Å²) in [5.74, 6) is 7.29. The number of nitrogens with zero attached hydrogens (tertiary/aromatic N) is 1. The number of nitrogens with two attached hydrogens (primary N) is 1. The van der Waals surface area contributed by atoms with Crippen molar-refractivity contribution in [3.63, 3.8) is 0 Å². The second-order valence-electron chi connectivity index (χ2n) is 5.86. The van der Waals surface area contributed by atoms with Gasteiger partial charge >= 0.3 is 0 Å². The van der Waals surface area contributed by atoms with Gasteiger partial charge in [0.1, 0.15) is 0 Å². The van der Waals surface area contributed by atoms with Crippen LogP contribution in [-0.4, -0.2) is 4.98 Å². The molecule has 0 spiro atoms. The zero-order valence-corrected chi connectivity index (χ0v) is 11.7. The van der Waals surface area contributed by atoms with Crippen molar-refractivity contribution < 1.29 is 0 Å². The maximum atomic E-state index is 5.81. The van der Waals surface area contributed by atoms with Crippen molar-refractivity contribution in [2.75, 3.05) is 0 Å². The van der Waals surface area contributed by atoms with E-state index in [-0.39, 0.29) is 6.04 Å². The summed E-state index contributed by atoms with van der Waals surface area (Å²) < 4.78 is 0. The van der Waals surface area contributed by atoms with E-state index in [9.17, 15) is 0 Å². The molecule has 0 aliphatic heterocycles. The molecule has 0 saturated heterocycles. The van der Waals surface area contributed by atoms with Gasteiger partial charge in [-0.15, -0.1) is 0 Å². The van der Waals surface area contributed by atoms with Crippen LogP contribution in [-0.2, 0) is 0 Å². The van der Waals surface area contributed by atoms with Gasteiger partial charge < -0.3 is 0 Å². The lowest BCUT2D eigenvalue weighted by molar-refractivity contribution is 0.224. The van der Waals surface area contributed by atoms with Crippen LogP contribution in [0, 0.1) is 25.7 Å². The molecule has 18 heavy (non-hydrogen) atoms. The van der Waals surface area contributed by atoms with E-state index in [1.165, 1.54) is 31.2 Å². The van der Waals surface area contributed by atoms with Crippen molar-refractivity contribution in [3.05, 3.63) is 29.1 Å². The quantitative estimate of drug-likeness (QED) is 0.637. The Bertz CT molecular complexity index is 382. The molecule has 0 aromatic carbocycles. The van der Waals surface area contributed by atoms with Crippen molar-refractivity contribution in [1.29, 1.82) is 0 Å². The van der Waals surface area contributed by atoms with Gasteiger partial charge in [0, 0.05) is 17.4 Å². The average Bonchev–Trinajstić information content (AvgIpc) is 2.28. The topological polar surface area (TPSA) is 50.9 Å². The van der Waals surface area contributed by atoms with Gasteiger partial charge in [0.05, 0.1) is 0 Å². The molecule has 3 unspecified atom stereocenters. The van der Waals surface area contributed by atoms with E-state index in [1.54, 1.807) is 0 Å². The first-order valence-electron chi connectivity index (χ1n) is 7.01. The predicted molar refractivity (Wildman–Crippen MR) is 74.9 cm³/mol. The van der Waals surface area contributed by atoms with Crippen LogP contribution in [0.5, 0.6) is 0 Å². The van der Waals surface area contributed by atoms with E-state index in [2.05, 4.69) is 29.5 Å². The predicted octanol–water partition coefficient (Wildman–Crippen LogP) is 3.03. The molecule has 1 aliphatic rings. The van der Waals surface area contributed by atoms with Crippen molar-refractivity contribution in [3.8, 4) is 0 Å². The molecular formula is C15H25N3. The van der Waals surface area contributed by atoms with Crippen molar-refractivity contribution in [2.45, 2.75) is 52.5 Å². The van der Waals surface area contributed by atoms with Crippen LogP contribution in [0.15, 0.2) is 12.1 Å². The highest BCUT2D eigenvalue weighted by Gasteiger charge is 2.27. The minimum Gasteiger partial charge on any atom is -0.271 e. The Hall–Kier alpha value is -0.930. The maximum absolute atomic E-state index is 5.81. The number of hydrogen-bond acceptors (Lipinski definition) is 3. The molecule has 100 valence electrons. The molecule has 3 N–H and O–H groups in total. The summed E-state index contributed by atoms with van der Waals surface area (Å²) in [5, 5.41) is 0. The Morgan fingerprint density at radius 3 is 2.50 bits per heavy atom. The number of hydrogen-bond donors (Lipinski definition) is 2. The maximum Gasteiger partial charge on any atom is 0.0489 e. The van der Waals surface area contributed by atoms with Crippen LogP contribution >= 0.6 is 0 Å². The summed E-state index contributed by atoms with van der Waals surface area (Å²) in [7, 11) is 0. The minimum atomic E-state index is 0.271. The third-order valence-electron chi connectivity index (χ3n) is 4.09. The van der Waals surface area contributed by atoms with Gasteiger partial charge in [-0.1, -0.05) is 19.8 Å². The number of rotatable bonds is 3. The van der Waals surface area contributed by atoms with E-state index < -0.39 is 0 Å². The first-order valence-corrected chi connectivity index (χ1v) is 7.01. The monoisotopic (exact) mass is 247 g/mol. The fraction of sp³-hybridized carbons (Fsp3) is 0.667. The molecule has 0 amide bonds. The van der Waals surface area contributed by atoms with E-state index in [0.717, 1.165) is 17.3 Å². The number of hydrazine groups is 1. The molecule has 3 nitrogen and oxygen atoms in total. The number of pyridine rings is 1. The fourth-order valence-electron chi connectivity index (χ4n) is 3.33. The smallest absolute Gasteiger partial charge is 0.0489 e. The van der Waals surface area contributed by atoms with Gasteiger partial charge in [0.15, 0.2) is 0 Å². The molecule has 1 fully saturated rings. The molecule has 1 aliphatic carbocycles. The largest absolute Gasteiger partial charge is 0.271 e. The normalized spacial score (nSPS) is 26.0. The number of aromatic nitrogens is 1. The molecule has 1 heterocycles. The third-order valence-corrected chi connectivity index (χ3v) is 4.09. The molecule has 1 aromatic heterocycles. The summed E-state index contributed by atoms with van der Waals surface area (Å²) in [5.41, 5.74) is 6.48. The summed E-state index contributed by atoms with van der Waals surface area (Å²) in [6, 6.07) is 4.60. The Labute approximate surface area is 110 Å². The van der Waals surface area contributed by atoms with E-state index in [4.69, 9.17) is 5.84 Å². The lowest BCUT2D eigenvalue weighted by Gasteiger charge is -2.33. The van der Waals surface area contributed by atoms with Crippen LogP contribution in [0.1, 0.15) is 55.6 Å². The Kier molecular flexibility index (Phi) is 4.36. The molecule has 3 atom stereocenters. The first-order chi connectivity index (χ1) is 8.60. The summed E-state index contributed by atoms with van der Waals surface area (Å²) in [4.78, 5) is 4.44. The van der Waals surface area contributed by atoms with Crippen LogP contribution in [0.4, 0.5) is 0 Å². The summed E-state index contributed by atoms with van der Waals surface area (Å²) in [6.45, 7) is 6.45. The number of nitrogens with one attached hydrogen (secondary N) is 1. The standard InChI is InChI=1S/C15H25N3/c1-10-5-4-6-13(7-10)15(18-16)14-8-11(2)17-12(3)9-14/h8-10,13,15,18H,4-7,16H2,1-3H3. The Morgan fingerprint density at radius 2 is 1.94 bits per heavy atom. The second kappa shape index (κ2) is 5.81. The van der Waals surface area contributed by atoms with E-state index in [1.807, 2.05) is 13.8 Å². The molecule has 1 aromatic rings. The van der Waals surface area contributed by atoms with Crippen LogP contribution < -0.4 is 11.3 Å². The lowest BCUT2D eigenvalue weighted by atomic mass is 9.77. The first kappa shape index (κ1) is 13.5. The SMILES string of the molecule is Cc1cc(C(NN)C2CCCC(C)C2)cc(C)n1. The zero-order valence-electron chi connectivity index (χ0n) is 11.7. The molecule has 2 rings (SSSR count).